The second-order valence-corrected chi connectivity index (χ2v) is 7.25. The predicted octanol–water partition coefficient (Wildman–Crippen LogP) is 1.37. The Hall–Kier alpha value is -0.490. The van der Waals surface area contributed by atoms with Crippen molar-refractivity contribution >= 4 is 11.3 Å². The summed E-state index contributed by atoms with van der Waals surface area (Å²) < 4.78 is 5.20. The zero-order valence-electron chi connectivity index (χ0n) is 11.4. The molecule has 1 aliphatic carbocycles. The maximum absolute atomic E-state index is 9.36. The lowest BCUT2D eigenvalue weighted by atomic mass is 9.87. The van der Waals surface area contributed by atoms with Crippen LogP contribution in [0.1, 0.15) is 28.9 Å². The van der Waals surface area contributed by atoms with Gasteiger partial charge in [0.15, 0.2) is 0 Å². The third-order valence-electron chi connectivity index (χ3n) is 4.16. The van der Waals surface area contributed by atoms with E-state index >= 15 is 0 Å². The van der Waals surface area contributed by atoms with Gasteiger partial charge < -0.3 is 15.2 Å². The first-order chi connectivity index (χ1) is 9.21. The average Bonchev–Trinajstić information content (AvgIpc) is 2.74. The minimum atomic E-state index is -0.0502. The van der Waals surface area contributed by atoms with Crippen LogP contribution in [0.15, 0.2) is 0 Å². The molecule has 0 radical (unpaired) electrons. The van der Waals surface area contributed by atoms with E-state index in [0.29, 0.717) is 13.2 Å². The summed E-state index contributed by atoms with van der Waals surface area (Å²) in [5.74, 6) is 0.804. The number of thiazole rings is 1. The van der Waals surface area contributed by atoms with Crippen molar-refractivity contribution in [2.24, 2.45) is 11.3 Å². The zero-order valence-corrected chi connectivity index (χ0v) is 12.3. The fraction of sp³-hybridized carbons (Fsp3) is 0.786. The number of rotatable bonds is 5. The van der Waals surface area contributed by atoms with Gasteiger partial charge in [-0.25, -0.2) is 4.98 Å². The summed E-state index contributed by atoms with van der Waals surface area (Å²) in [6.45, 7) is 5.48. The molecule has 0 bridgehead atoms. The number of nitrogens with zero attached hydrogens (tertiary/aromatic N) is 1. The largest absolute Gasteiger partial charge is 0.396 e. The van der Waals surface area contributed by atoms with Crippen molar-refractivity contribution in [3.8, 4) is 0 Å². The molecule has 0 spiro atoms. The first-order valence-electron chi connectivity index (χ1n) is 7.07. The van der Waals surface area contributed by atoms with Crippen molar-refractivity contribution in [2.75, 3.05) is 26.4 Å². The Balaban J connectivity index is 1.53. The Morgan fingerprint density at radius 2 is 2.37 bits per heavy atom. The molecule has 1 aromatic rings. The molecule has 2 heterocycles. The predicted molar refractivity (Wildman–Crippen MR) is 75.3 cm³/mol. The van der Waals surface area contributed by atoms with Crippen molar-refractivity contribution in [3.05, 3.63) is 15.6 Å². The number of aromatic nitrogens is 1. The highest BCUT2D eigenvalue weighted by Gasteiger charge is 2.37. The third kappa shape index (κ3) is 2.84. The topological polar surface area (TPSA) is 54.4 Å². The van der Waals surface area contributed by atoms with E-state index in [-0.39, 0.29) is 12.0 Å². The molecule has 1 saturated heterocycles. The van der Waals surface area contributed by atoms with Crippen LogP contribution in [0.3, 0.4) is 0 Å². The van der Waals surface area contributed by atoms with E-state index in [2.05, 4.69) is 12.2 Å². The van der Waals surface area contributed by atoms with E-state index in [1.54, 1.807) is 0 Å². The van der Waals surface area contributed by atoms with E-state index < -0.39 is 0 Å². The lowest BCUT2D eigenvalue weighted by molar-refractivity contribution is -0.134. The van der Waals surface area contributed by atoms with Crippen molar-refractivity contribution in [2.45, 2.75) is 32.7 Å². The first-order valence-corrected chi connectivity index (χ1v) is 7.89. The summed E-state index contributed by atoms with van der Waals surface area (Å²) in [4.78, 5) is 6.22. The normalized spacial score (nSPS) is 24.8. The van der Waals surface area contributed by atoms with Gasteiger partial charge in [0.1, 0.15) is 5.01 Å². The Bertz CT molecular complexity index is 437. The third-order valence-corrected chi connectivity index (χ3v) is 5.28. The average molecular weight is 282 g/mol. The number of nitrogens with one attached hydrogen (secondary N) is 1. The number of hydrogen-bond acceptors (Lipinski definition) is 5. The molecule has 0 aromatic carbocycles. The molecule has 2 aliphatic rings. The van der Waals surface area contributed by atoms with Crippen LogP contribution in [0.5, 0.6) is 0 Å². The minimum Gasteiger partial charge on any atom is -0.396 e. The molecule has 1 aliphatic heterocycles. The molecule has 1 unspecified atom stereocenters. The van der Waals surface area contributed by atoms with Crippen LogP contribution >= 0.6 is 11.3 Å². The van der Waals surface area contributed by atoms with E-state index in [0.717, 1.165) is 25.4 Å². The van der Waals surface area contributed by atoms with Crippen LogP contribution in [0, 0.1) is 11.3 Å². The molecule has 3 rings (SSSR count). The number of hydrogen-bond donors (Lipinski definition) is 2. The van der Waals surface area contributed by atoms with Crippen LogP contribution in [0.2, 0.25) is 0 Å². The quantitative estimate of drug-likeness (QED) is 0.856. The monoisotopic (exact) mass is 282 g/mol. The molecule has 5 heteroatoms. The summed E-state index contributed by atoms with van der Waals surface area (Å²) in [6.07, 6.45) is 3.61. The fourth-order valence-electron chi connectivity index (χ4n) is 2.74. The Labute approximate surface area is 118 Å². The molecular formula is C14H22N2O2S. The van der Waals surface area contributed by atoms with Gasteiger partial charge in [0.2, 0.25) is 0 Å². The molecule has 1 atom stereocenters. The van der Waals surface area contributed by atoms with Crippen LogP contribution in [-0.4, -0.2) is 36.5 Å². The minimum absolute atomic E-state index is 0.0502. The summed E-state index contributed by atoms with van der Waals surface area (Å²) in [6, 6.07) is 0. The van der Waals surface area contributed by atoms with Gasteiger partial charge in [-0.15, -0.1) is 11.3 Å². The summed E-state index contributed by atoms with van der Waals surface area (Å²) in [5.41, 5.74) is 1.27. The molecule has 1 aromatic heterocycles. The Kier molecular flexibility index (Phi) is 3.89. The second kappa shape index (κ2) is 5.48. The SMILES string of the molecule is CC1CCc2nc(CNCC3(CO)COC3)sc2C1. The van der Waals surface area contributed by atoms with Gasteiger partial charge in [0.25, 0.3) is 0 Å². The van der Waals surface area contributed by atoms with Gasteiger partial charge in [-0.1, -0.05) is 6.92 Å². The number of aryl methyl sites for hydroxylation is 1. The molecule has 1 fully saturated rings. The van der Waals surface area contributed by atoms with Crippen LogP contribution in [0.4, 0.5) is 0 Å². The zero-order chi connectivity index (χ0) is 13.3. The lowest BCUT2D eigenvalue weighted by Gasteiger charge is -2.39. The van der Waals surface area contributed by atoms with Gasteiger partial charge in [0, 0.05) is 18.0 Å². The van der Waals surface area contributed by atoms with E-state index in [4.69, 9.17) is 9.72 Å². The maximum Gasteiger partial charge on any atom is 0.107 e. The van der Waals surface area contributed by atoms with Crippen LogP contribution in [0.25, 0.3) is 0 Å². The molecule has 0 saturated carbocycles. The van der Waals surface area contributed by atoms with Gasteiger partial charge in [-0.3, -0.25) is 0 Å². The highest BCUT2D eigenvalue weighted by Crippen LogP contribution is 2.30. The maximum atomic E-state index is 9.36. The molecular weight excluding hydrogens is 260 g/mol. The standard InChI is InChI=1S/C14H22N2O2S/c1-10-2-3-11-12(4-10)19-13(16-11)5-15-6-14(7-17)8-18-9-14/h10,15,17H,2-9H2,1H3. The highest BCUT2D eigenvalue weighted by atomic mass is 32.1. The van der Waals surface area contributed by atoms with Gasteiger partial charge in [-0.05, 0) is 25.2 Å². The van der Waals surface area contributed by atoms with E-state index in [9.17, 15) is 5.11 Å². The smallest absolute Gasteiger partial charge is 0.107 e. The van der Waals surface area contributed by atoms with Crippen molar-refractivity contribution in [1.82, 2.24) is 10.3 Å². The van der Waals surface area contributed by atoms with Gasteiger partial charge in [0.05, 0.1) is 30.9 Å². The molecule has 2 N–H and O–H groups in total. The number of fused-ring (bicyclic) bond motifs is 1. The molecule has 19 heavy (non-hydrogen) atoms. The highest BCUT2D eigenvalue weighted by molar-refractivity contribution is 7.11. The lowest BCUT2D eigenvalue weighted by Crippen LogP contribution is -2.52. The number of aliphatic hydroxyl groups is 1. The first kappa shape index (κ1) is 13.5. The van der Waals surface area contributed by atoms with Crippen LogP contribution in [-0.2, 0) is 24.1 Å². The Morgan fingerprint density at radius 1 is 1.53 bits per heavy atom. The molecule has 106 valence electrons. The van der Waals surface area contributed by atoms with E-state index in [1.165, 1.54) is 28.4 Å². The fourth-order valence-corrected chi connectivity index (χ4v) is 3.99. The number of ether oxygens (including phenoxy) is 1. The Morgan fingerprint density at radius 3 is 3.05 bits per heavy atom. The summed E-state index contributed by atoms with van der Waals surface area (Å²) >= 11 is 1.86. The molecule has 4 nitrogen and oxygen atoms in total. The van der Waals surface area contributed by atoms with Crippen molar-refractivity contribution in [1.29, 1.82) is 0 Å². The van der Waals surface area contributed by atoms with Crippen LogP contribution < -0.4 is 5.32 Å². The van der Waals surface area contributed by atoms with Gasteiger partial charge in [-0.2, -0.15) is 0 Å². The van der Waals surface area contributed by atoms with Crippen molar-refractivity contribution in [3.63, 3.8) is 0 Å². The number of aliphatic hydroxyl groups excluding tert-OH is 1. The summed E-state index contributed by atoms with van der Waals surface area (Å²) in [7, 11) is 0. The van der Waals surface area contributed by atoms with Gasteiger partial charge >= 0.3 is 0 Å². The van der Waals surface area contributed by atoms with Crippen molar-refractivity contribution < 1.29 is 9.84 Å². The van der Waals surface area contributed by atoms with E-state index in [1.807, 2.05) is 11.3 Å². The second-order valence-electron chi connectivity index (χ2n) is 6.08. The molecule has 0 amide bonds. The summed E-state index contributed by atoms with van der Waals surface area (Å²) in [5, 5.41) is 14.0.